The number of amides is 1. The van der Waals surface area contributed by atoms with Crippen molar-refractivity contribution >= 4 is 17.1 Å². The number of primary amides is 1. The SMILES string of the molecule is Cc1ccc(-n2cnc3c(C(N)=O)nc(-c4ccccc4O)nc32)cc1. The Hall–Kier alpha value is -3.74. The molecule has 4 aromatic rings. The highest BCUT2D eigenvalue weighted by Crippen LogP contribution is 2.28. The van der Waals surface area contributed by atoms with E-state index in [9.17, 15) is 9.90 Å². The summed E-state index contributed by atoms with van der Waals surface area (Å²) in [6, 6.07) is 14.5. The van der Waals surface area contributed by atoms with Gasteiger partial charge in [0.15, 0.2) is 17.2 Å². The summed E-state index contributed by atoms with van der Waals surface area (Å²) < 4.78 is 1.76. The van der Waals surface area contributed by atoms with E-state index in [2.05, 4.69) is 15.0 Å². The number of benzene rings is 2. The van der Waals surface area contributed by atoms with Crippen LogP contribution in [0, 0.1) is 6.92 Å². The number of carbonyl (C=O) groups is 1. The number of nitrogens with zero attached hydrogens (tertiary/aromatic N) is 4. The summed E-state index contributed by atoms with van der Waals surface area (Å²) in [4.78, 5) is 24.9. The Morgan fingerprint density at radius 1 is 1.08 bits per heavy atom. The minimum absolute atomic E-state index is 0.0131. The van der Waals surface area contributed by atoms with Crippen LogP contribution in [0.4, 0.5) is 0 Å². The van der Waals surface area contributed by atoms with Crippen LogP contribution in [0.25, 0.3) is 28.2 Å². The van der Waals surface area contributed by atoms with Gasteiger partial charge in [-0.2, -0.15) is 0 Å². The van der Waals surface area contributed by atoms with Crippen molar-refractivity contribution in [3.63, 3.8) is 0 Å². The van der Waals surface area contributed by atoms with E-state index in [4.69, 9.17) is 5.73 Å². The molecule has 0 aliphatic rings. The number of aromatic hydroxyl groups is 1. The molecule has 2 aromatic carbocycles. The van der Waals surface area contributed by atoms with E-state index in [1.54, 1.807) is 29.1 Å². The van der Waals surface area contributed by atoms with E-state index >= 15 is 0 Å². The van der Waals surface area contributed by atoms with Gasteiger partial charge >= 0.3 is 0 Å². The molecule has 0 spiro atoms. The van der Waals surface area contributed by atoms with Crippen molar-refractivity contribution in [2.75, 3.05) is 0 Å². The van der Waals surface area contributed by atoms with Crippen LogP contribution in [0.1, 0.15) is 16.1 Å². The second-order valence-electron chi connectivity index (χ2n) is 5.90. The van der Waals surface area contributed by atoms with Crippen LogP contribution in [0.2, 0.25) is 0 Å². The molecule has 26 heavy (non-hydrogen) atoms. The summed E-state index contributed by atoms with van der Waals surface area (Å²) in [5, 5.41) is 10.1. The van der Waals surface area contributed by atoms with Gasteiger partial charge in [-0.3, -0.25) is 9.36 Å². The van der Waals surface area contributed by atoms with Crippen molar-refractivity contribution in [3.05, 3.63) is 66.1 Å². The molecule has 7 nitrogen and oxygen atoms in total. The average molecular weight is 345 g/mol. The molecule has 0 aliphatic heterocycles. The molecule has 0 unspecified atom stereocenters. The fourth-order valence-corrected chi connectivity index (χ4v) is 2.75. The summed E-state index contributed by atoms with van der Waals surface area (Å²) >= 11 is 0. The highest BCUT2D eigenvalue weighted by atomic mass is 16.3. The lowest BCUT2D eigenvalue weighted by molar-refractivity contribution is 0.0997. The summed E-state index contributed by atoms with van der Waals surface area (Å²) in [6.45, 7) is 2.00. The summed E-state index contributed by atoms with van der Waals surface area (Å²) in [6.07, 6.45) is 1.57. The molecule has 0 fully saturated rings. The zero-order chi connectivity index (χ0) is 18.3. The van der Waals surface area contributed by atoms with Gasteiger partial charge in [0.25, 0.3) is 5.91 Å². The van der Waals surface area contributed by atoms with Crippen molar-refractivity contribution in [2.45, 2.75) is 6.92 Å². The van der Waals surface area contributed by atoms with Crippen LogP contribution in [-0.2, 0) is 0 Å². The van der Waals surface area contributed by atoms with Crippen molar-refractivity contribution in [3.8, 4) is 22.8 Å². The highest BCUT2D eigenvalue weighted by Gasteiger charge is 2.19. The normalized spacial score (nSPS) is 11.0. The average Bonchev–Trinajstić information content (AvgIpc) is 3.05. The lowest BCUT2D eigenvalue weighted by atomic mass is 10.2. The standard InChI is InChI=1S/C19H15N5O2/c1-11-6-8-12(9-7-11)24-10-21-16-15(17(20)26)22-18(23-19(16)24)13-4-2-3-5-14(13)25/h2-10,25H,1H3,(H2,20,26). The maximum Gasteiger partial charge on any atom is 0.269 e. The molecule has 0 atom stereocenters. The van der Waals surface area contributed by atoms with Gasteiger partial charge in [0.2, 0.25) is 0 Å². The number of aromatic nitrogens is 4. The third-order valence-electron chi connectivity index (χ3n) is 4.09. The summed E-state index contributed by atoms with van der Waals surface area (Å²) in [5.74, 6) is -0.481. The highest BCUT2D eigenvalue weighted by molar-refractivity contribution is 6.02. The Labute approximate surface area is 148 Å². The second-order valence-corrected chi connectivity index (χ2v) is 5.90. The van der Waals surface area contributed by atoms with Gasteiger partial charge in [0, 0.05) is 5.69 Å². The fourth-order valence-electron chi connectivity index (χ4n) is 2.75. The molecule has 3 N–H and O–H groups in total. The van der Waals surface area contributed by atoms with Crippen molar-refractivity contribution in [1.29, 1.82) is 0 Å². The number of imidazole rings is 1. The molecular formula is C19H15N5O2. The van der Waals surface area contributed by atoms with Gasteiger partial charge in [-0.15, -0.1) is 0 Å². The number of rotatable bonds is 3. The number of nitrogens with two attached hydrogens (primary N) is 1. The zero-order valence-corrected chi connectivity index (χ0v) is 13.9. The lowest BCUT2D eigenvalue weighted by Crippen LogP contribution is -2.15. The number of hydrogen-bond donors (Lipinski definition) is 2. The fraction of sp³-hybridized carbons (Fsp3) is 0.0526. The molecule has 128 valence electrons. The van der Waals surface area contributed by atoms with E-state index in [0.29, 0.717) is 16.7 Å². The molecule has 0 bridgehead atoms. The first-order chi connectivity index (χ1) is 12.5. The molecule has 0 saturated heterocycles. The number of para-hydroxylation sites is 1. The van der Waals surface area contributed by atoms with Crippen LogP contribution in [0.3, 0.4) is 0 Å². The first-order valence-electron chi connectivity index (χ1n) is 7.95. The van der Waals surface area contributed by atoms with Crippen molar-refractivity contribution < 1.29 is 9.90 Å². The van der Waals surface area contributed by atoms with Crippen LogP contribution < -0.4 is 5.73 Å². The monoisotopic (exact) mass is 345 g/mol. The van der Waals surface area contributed by atoms with E-state index in [-0.39, 0.29) is 17.3 Å². The Bertz CT molecular complexity index is 1130. The van der Waals surface area contributed by atoms with Crippen LogP contribution in [-0.4, -0.2) is 30.5 Å². The molecule has 1 amide bonds. The topological polar surface area (TPSA) is 107 Å². The van der Waals surface area contributed by atoms with Gasteiger partial charge in [-0.1, -0.05) is 29.8 Å². The number of aryl methyl sites for hydroxylation is 1. The quantitative estimate of drug-likeness (QED) is 0.593. The third kappa shape index (κ3) is 2.55. The molecular weight excluding hydrogens is 330 g/mol. The largest absolute Gasteiger partial charge is 0.507 e. The molecule has 4 rings (SSSR count). The second kappa shape index (κ2) is 5.96. The maximum absolute atomic E-state index is 11.9. The molecule has 2 aromatic heterocycles. The van der Waals surface area contributed by atoms with E-state index < -0.39 is 5.91 Å². The van der Waals surface area contributed by atoms with Crippen molar-refractivity contribution in [1.82, 2.24) is 19.5 Å². The minimum atomic E-state index is -0.705. The Balaban J connectivity index is 2.01. The maximum atomic E-state index is 11.9. The number of phenolic OH excluding ortho intramolecular Hbond substituents is 1. The molecule has 0 saturated carbocycles. The van der Waals surface area contributed by atoms with Crippen LogP contribution >= 0.6 is 0 Å². The van der Waals surface area contributed by atoms with Crippen LogP contribution in [0.5, 0.6) is 5.75 Å². The van der Waals surface area contributed by atoms with Gasteiger partial charge in [0.05, 0.1) is 5.56 Å². The van der Waals surface area contributed by atoms with Gasteiger partial charge in [0.1, 0.15) is 17.6 Å². The Morgan fingerprint density at radius 2 is 1.81 bits per heavy atom. The first-order valence-corrected chi connectivity index (χ1v) is 7.95. The summed E-state index contributed by atoms with van der Waals surface area (Å²) in [7, 11) is 0. The minimum Gasteiger partial charge on any atom is -0.507 e. The number of phenols is 1. The van der Waals surface area contributed by atoms with Gasteiger partial charge in [-0.05, 0) is 31.2 Å². The van der Waals surface area contributed by atoms with Crippen molar-refractivity contribution in [2.24, 2.45) is 5.73 Å². The third-order valence-corrected chi connectivity index (χ3v) is 4.09. The predicted molar refractivity (Wildman–Crippen MR) is 97.0 cm³/mol. The molecule has 2 heterocycles. The van der Waals surface area contributed by atoms with E-state index in [1.807, 2.05) is 31.2 Å². The van der Waals surface area contributed by atoms with Gasteiger partial charge < -0.3 is 10.8 Å². The molecule has 0 aliphatic carbocycles. The number of fused-ring (bicyclic) bond motifs is 1. The lowest BCUT2D eigenvalue weighted by Gasteiger charge is -2.08. The van der Waals surface area contributed by atoms with E-state index in [0.717, 1.165) is 11.3 Å². The molecule has 7 heteroatoms. The van der Waals surface area contributed by atoms with Gasteiger partial charge in [-0.25, -0.2) is 15.0 Å². The predicted octanol–water partition coefficient (Wildman–Crippen LogP) is 2.60. The Morgan fingerprint density at radius 3 is 2.50 bits per heavy atom. The molecule has 0 radical (unpaired) electrons. The number of hydrogen-bond acceptors (Lipinski definition) is 5. The summed E-state index contributed by atoms with van der Waals surface area (Å²) in [5.41, 5.74) is 8.64. The van der Waals surface area contributed by atoms with E-state index in [1.165, 1.54) is 6.07 Å². The zero-order valence-electron chi connectivity index (χ0n) is 13.9. The number of carbonyl (C=O) groups excluding carboxylic acids is 1. The first kappa shape index (κ1) is 15.8. The smallest absolute Gasteiger partial charge is 0.269 e. The Kier molecular flexibility index (Phi) is 3.62. The van der Waals surface area contributed by atoms with Crippen LogP contribution in [0.15, 0.2) is 54.9 Å².